The number of halogens is 1. The normalized spacial score (nSPS) is 11.0. The van der Waals surface area contributed by atoms with Crippen molar-refractivity contribution < 1.29 is 4.79 Å². The first-order valence-electron chi connectivity index (χ1n) is 8.57. The van der Waals surface area contributed by atoms with Gasteiger partial charge in [-0.3, -0.25) is 4.79 Å². The van der Waals surface area contributed by atoms with Crippen LogP contribution in [-0.2, 0) is 6.54 Å². The molecule has 0 atom stereocenters. The summed E-state index contributed by atoms with van der Waals surface area (Å²) < 4.78 is 2.23. The van der Waals surface area contributed by atoms with Gasteiger partial charge in [0, 0.05) is 22.5 Å². The van der Waals surface area contributed by atoms with Gasteiger partial charge in [0.25, 0.3) is 0 Å². The topological polar surface area (TPSA) is 22.0 Å². The van der Waals surface area contributed by atoms with E-state index in [1.165, 1.54) is 5.56 Å². The highest BCUT2D eigenvalue weighted by molar-refractivity contribution is 6.30. The van der Waals surface area contributed by atoms with Crippen molar-refractivity contribution in [3.05, 3.63) is 95.0 Å². The highest BCUT2D eigenvalue weighted by Crippen LogP contribution is 2.35. The van der Waals surface area contributed by atoms with Gasteiger partial charge in [-0.2, -0.15) is 0 Å². The molecule has 4 aromatic rings. The Morgan fingerprint density at radius 1 is 0.885 bits per heavy atom. The summed E-state index contributed by atoms with van der Waals surface area (Å²) in [5.74, 6) is 0.0676. The van der Waals surface area contributed by atoms with Gasteiger partial charge in [0.1, 0.15) is 0 Å². The fraction of sp³-hybridized carbons (Fsp3) is 0.0870. The molecular formula is C23H18ClNO. The molecule has 0 N–H and O–H groups in total. The first-order chi connectivity index (χ1) is 12.6. The van der Waals surface area contributed by atoms with Crippen LogP contribution in [0, 0.1) is 0 Å². The predicted molar refractivity (Wildman–Crippen MR) is 108 cm³/mol. The number of hydrogen-bond acceptors (Lipinski definition) is 1. The Hall–Kier alpha value is -2.84. The van der Waals surface area contributed by atoms with Crippen molar-refractivity contribution in [1.82, 2.24) is 4.57 Å². The van der Waals surface area contributed by atoms with E-state index in [0.29, 0.717) is 11.6 Å². The second-order valence-electron chi connectivity index (χ2n) is 6.38. The Morgan fingerprint density at radius 2 is 1.54 bits per heavy atom. The number of Topliss-reactive ketones (excluding diaryl/α,β-unsaturated/α-hetero) is 1. The molecule has 26 heavy (non-hydrogen) atoms. The van der Waals surface area contributed by atoms with Gasteiger partial charge in [-0.15, -0.1) is 0 Å². The van der Waals surface area contributed by atoms with E-state index in [1.807, 2.05) is 60.7 Å². The third kappa shape index (κ3) is 2.93. The van der Waals surface area contributed by atoms with Gasteiger partial charge in [-0.25, -0.2) is 0 Å². The maximum Gasteiger partial charge on any atom is 0.162 e. The zero-order valence-electron chi connectivity index (χ0n) is 14.4. The van der Waals surface area contributed by atoms with Crippen molar-refractivity contribution in [2.75, 3.05) is 0 Å². The molecule has 0 unspecified atom stereocenters. The number of fused-ring (bicyclic) bond motifs is 1. The van der Waals surface area contributed by atoms with E-state index >= 15 is 0 Å². The molecule has 3 heteroatoms. The Labute approximate surface area is 157 Å². The van der Waals surface area contributed by atoms with Gasteiger partial charge in [-0.1, -0.05) is 72.3 Å². The van der Waals surface area contributed by atoms with Crippen LogP contribution >= 0.6 is 11.6 Å². The van der Waals surface area contributed by atoms with E-state index in [0.717, 1.165) is 27.7 Å². The van der Waals surface area contributed by atoms with Crippen LogP contribution in [0.15, 0.2) is 78.9 Å². The quantitative estimate of drug-likeness (QED) is 0.397. The van der Waals surface area contributed by atoms with Gasteiger partial charge >= 0.3 is 0 Å². The molecular weight excluding hydrogens is 342 g/mol. The summed E-state index contributed by atoms with van der Waals surface area (Å²) in [5, 5.41) is 1.67. The Balaban J connectivity index is 2.03. The molecule has 0 aliphatic rings. The molecule has 0 radical (unpaired) electrons. The van der Waals surface area contributed by atoms with Crippen molar-refractivity contribution in [2.24, 2.45) is 0 Å². The highest BCUT2D eigenvalue weighted by Gasteiger charge is 2.21. The van der Waals surface area contributed by atoms with E-state index in [4.69, 9.17) is 11.6 Å². The SMILES string of the molecule is CC(=O)c1c(-c2ccc(Cl)cc2)n(Cc2ccccc2)c2ccccc12. The molecule has 0 saturated heterocycles. The predicted octanol–water partition coefficient (Wildman–Crippen LogP) is 6.21. The van der Waals surface area contributed by atoms with Crippen LogP contribution in [-0.4, -0.2) is 10.4 Å². The van der Waals surface area contributed by atoms with Crippen molar-refractivity contribution in [1.29, 1.82) is 0 Å². The number of aromatic nitrogens is 1. The van der Waals surface area contributed by atoms with Crippen molar-refractivity contribution in [2.45, 2.75) is 13.5 Å². The number of nitrogens with zero attached hydrogens (tertiary/aromatic N) is 1. The summed E-state index contributed by atoms with van der Waals surface area (Å²) in [5.41, 5.74) is 4.95. The molecule has 1 heterocycles. The minimum absolute atomic E-state index is 0.0676. The molecule has 0 spiro atoms. The average molecular weight is 360 g/mol. The number of hydrogen-bond donors (Lipinski definition) is 0. The first-order valence-corrected chi connectivity index (χ1v) is 8.95. The number of carbonyl (C=O) groups excluding carboxylic acids is 1. The summed E-state index contributed by atoms with van der Waals surface area (Å²) in [6.45, 7) is 2.33. The lowest BCUT2D eigenvalue weighted by molar-refractivity contribution is 0.101. The summed E-state index contributed by atoms with van der Waals surface area (Å²) in [6, 6.07) is 26.1. The molecule has 0 aliphatic carbocycles. The Bertz CT molecular complexity index is 1080. The van der Waals surface area contributed by atoms with Crippen LogP contribution in [0.3, 0.4) is 0 Å². The molecule has 2 nitrogen and oxygen atoms in total. The second-order valence-corrected chi connectivity index (χ2v) is 6.81. The summed E-state index contributed by atoms with van der Waals surface area (Å²) in [7, 11) is 0. The molecule has 0 aliphatic heterocycles. The van der Waals surface area contributed by atoms with Gasteiger partial charge in [0.2, 0.25) is 0 Å². The lowest BCUT2D eigenvalue weighted by Crippen LogP contribution is -2.04. The molecule has 0 bridgehead atoms. The van der Waals surface area contributed by atoms with Crippen molar-refractivity contribution in [3.63, 3.8) is 0 Å². The van der Waals surface area contributed by atoms with Gasteiger partial charge < -0.3 is 4.57 Å². The Kier molecular flexibility index (Phi) is 4.36. The van der Waals surface area contributed by atoms with E-state index in [9.17, 15) is 4.79 Å². The van der Waals surface area contributed by atoms with Crippen LogP contribution in [0.1, 0.15) is 22.8 Å². The van der Waals surface area contributed by atoms with Crippen molar-refractivity contribution >= 4 is 28.3 Å². The van der Waals surface area contributed by atoms with Crippen LogP contribution in [0.4, 0.5) is 0 Å². The van der Waals surface area contributed by atoms with Crippen LogP contribution in [0.2, 0.25) is 5.02 Å². The summed E-state index contributed by atoms with van der Waals surface area (Å²) in [6.07, 6.45) is 0. The van der Waals surface area contributed by atoms with Gasteiger partial charge in [0.05, 0.1) is 11.3 Å². The molecule has 1 aromatic heterocycles. The van der Waals surface area contributed by atoms with E-state index in [2.05, 4.69) is 22.8 Å². The van der Waals surface area contributed by atoms with E-state index in [1.54, 1.807) is 6.92 Å². The minimum atomic E-state index is 0.0676. The first kappa shape index (κ1) is 16.6. The highest BCUT2D eigenvalue weighted by atomic mass is 35.5. The third-order valence-electron chi connectivity index (χ3n) is 4.62. The smallest absolute Gasteiger partial charge is 0.162 e. The van der Waals surface area contributed by atoms with Crippen LogP contribution < -0.4 is 0 Å². The van der Waals surface area contributed by atoms with E-state index in [-0.39, 0.29) is 5.78 Å². The zero-order valence-corrected chi connectivity index (χ0v) is 15.2. The zero-order chi connectivity index (χ0) is 18.1. The van der Waals surface area contributed by atoms with Gasteiger partial charge in [0.15, 0.2) is 5.78 Å². The summed E-state index contributed by atoms with van der Waals surface area (Å²) in [4.78, 5) is 12.5. The lowest BCUT2D eigenvalue weighted by Gasteiger charge is -2.12. The maximum atomic E-state index is 12.5. The molecule has 0 saturated carbocycles. The van der Waals surface area contributed by atoms with Gasteiger partial charge in [-0.05, 0) is 36.2 Å². The van der Waals surface area contributed by atoms with Crippen LogP contribution in [0.5, 0.6) is 0 Å². The molecule has 0 amide bonds. The molecule has 0 fully saturated rings. The minimum Gasteiger partial charge on any atom is -0.335 e. The number of carbonyl (C=O) groups is 1. The molecule has 4 rings (SSSR count). The number of ketones is 1. The molecule has 128 valence electrons. The number of benzene rings is 3. The fourth-order valence-corrected chi connectivity index (χ4v) is 3.62. The monoisotopic (exact) mass is 359 g/mol. The fourth-order valence-electron chi connectivity index (χ4n) is 3.50. The van der Waals surface area contributed by atoms with Crippen molar-refractivity contribution in [3.8, 4) is 11.3 Å². The largest absolute Gasteiger partial charge is 0.335 e. The standard InChI is InChI=1S/C23H18ClNO/c1-16(26)22-20-9-5-6-10-21(20)25(15-17-7-3-2-4-8-17)23(22)18-11-13-19(24)14-12-18/h2-14H,15H2,1H3. The lowest BCUT2D eigenvalue weighted by atomic mass is 10.0. The summed E-state index contributed by atoms with van der Waals surface area (Å²) >= 11 is 6.08. The van der Waals surface area contributed by atoms with Crippen LogP contribution in [0.25, 0.3) is 22.2 Å². The average Bonchev–Trinajstić information content (AvgIpc) is 2.98. The molecule has 3 aromatic carbocycles. The maximum absolute atomic E-state index is 12.5. The Morgan fingerprint density at radius 3 is 2.23 bits per heavy atom. The third-order valence-corrected chi connectivity index (χ3v) is 4.88. The van der Waals surface area contributed by atoms with E-state index < -0.39 is 0 Å². The number of rotatable bonds is 4. The number of para-hydroxylation sites is 1. The second kappa shape index (κ2) is 6.81.